The summed E-state index contributed by atoms with van der Waals surface area (Å²) in [6, 6.07) is 16.0. The third-order valence-electron chi connectivity index (χ3n) is 3.15. The minimum Gasteiger partial charge on any atom is -0.337 e. The molecule has 0 aliphatic rings. The van der Waals surface area contributed by atoms with E-state index in [2.05, 4.69) is 20.2 Å². The lowest BCUT2D eigenvalue weighted by Gasteiger charge is -2.09. The quantitative estimate of drug-likeness (QED) is 0.672. The van der Waals surface area contributed by atoms with Crippen LogP contribution in [-0.4, -0.2) is 18.6 Å². The zero-order chi connectivity index (χ0) is 17.9. The molecule has 0 bridgehead atoms. The first kappa shape index (κ1) is 17.5. The Bertz CT molecular complexity index is 981. The van der Waals surface area contributed by atoms with Gasteiger partial charge in [-0.05, 0) is 42.5 Å². The molecule has 0 atom stereocenters. The molecule has 1 heterocycles. The molecule has 0 aliphatic heterocycles. The molecule has 0 radical (unpaired) electrons. The largest absolute Gasteiger partial charge is 0.337 e. The number of anilines is 3. The van der Waals surface area contributed by atoms with Crippen molar-refractivity contribution in [2.45, 2.75) is 4.90 Å². The van der Waals surface area contributed by atoms with Crippen molar-refractivity contribution in [3.05, 3.63) is 70.7 Å². The summed E-state index contributed by atoms with van der Waals surface area (Å²) in [5, 5.41) is 11.8. The van der Waals surface area contributed by atoms with E-state index in [-0.39, 0.29) is 10.7 Å². The molecule has 0 fully saturated rings. The van der Waals surface area contributed by atoms with Crippen LogP contribution in [0.25, 0.3) is 0 Å². The van der Waals surface area contributed by atoms with Crippen LogP contribution in [-0.2, 0) is 10.0 Å². The highest BCUT2D eigenvalue weighted by Gasteiger charge is 2.14. The van der Waals surface area contributed by atoms with Gasteiger partial charge in [-0.25, -0.2) is 8.42 Å². The van der Waals surface area contributed by atoms with Crippen molar-refractivity contribution >= 4 is 50.5 Å². The Morgan fingerprint density at radius 2 is 1.52 bits per heavy atom. The van der Waals surface area contributed by atoms with Gasteiger partial charge in [0.25, 0.3) is 10.0 Å². The van der Waals surface area contributed by atoms with Crippen LogP contribution in [0.4, 0.5) is 17.3 Å². The molecule has 2 aromatic carbocycles. The lowest BCUT2D eigenvalue weighted by Crippen LogP contribution is -2.14. The molecule has 0 unspecified atom stereocenters. The van der Waals surface area contributed by atoms with Gasteiger partial charge in [-0.1, -0.05) is 41.4 Å². The SMILES string of the molecule is O=S(=O)(Nc1ccc(Nc2cc(Cl)ccc2Cl)nn1)c1ccccc1. The van der Waals surface area contributed by atoms with Crippen LogP contribution in [0.1, 0.15) is 0 Å². The third kappa shape index (κ3) is 4.39. The van der Waals surface area contributed by atoms with Gasteiger partial charge >= 0.3 is 0 Å². The zero-order valence-electron chi connectivity index (χ0n) is 12.6. The van der Waals surface area contributed by atoms with Gasteiger partial charge in [0.05, 0.1) is 15.6 Å². The molecule has 0 saturated carbocycles. The van der Waals surface area contributed by atoms with Crippen LogP contribution in [0.5, 0.6) is 0 Å². The molecule has 3 aromatic rings. The molecule has 0 aliphatic carbocycles. The summed E-state index contributed by atoms with van der Waals surface area (Å²) in [6.45, 7) is 0. The summed E-state index contributed by atoms with van der Waals surface area (Å²) < 4.78 is 26.8. The van der Waals surface area contributed by atoms with Crippen LogP contribution in [0, 0.1) is 0 Å². The monoisotopic (exact) mass is 394 g/mol. The Kier molecular flexibility index (Phi) is 5.08. The fraction of sp³-hybridized carbons (Fsp3) is 0. The summed E-state index contributed by atoms with van der Waals surface area (Å²) >= 11 is 12.0. The molecule has 128 valence electrons. The Morgan fingerprint density at radius 1 is 0.840 bits per heavy atom. The summed E-state index contributed by atoms with van der Waals surface area (Å²) in [6.07, 6.45) is 0. The first-order valence-electron chi connectivity index (χ1n) is 7.08. The predicted octanol–water partition coefficient (Wildman–Crippen LogP) is 4.33. The van der Waals surface area contributed by atoms with Crippen LogP contribution in [0.2, 0.25) is 10.0 Å². The number of nitrogens with one attached hydrogen (secondary N) is 2. The van der Waals surface area contributed by atoms with E-state index in [0.717, 1.165) is 0 Å². The van der Waals surface area contributed by atoms with E-state index in [1.165, 1.54) is 18.2 Å². The second-order valence-corrected chi connectivity index (χ2v) is 7.50. The molecule has 25 heavy (non-hydrogen) atoms. The fourth-order valence-corrected chi connectivity index (χ4v) is 3.34. The van der Waals surface area contributed by atoms with Gasteiger partial charge in [-0.15, -0.1) is 10.2 Å². The van der Waals surface area contributed by atoms with Crippen LogP contribution < -0.4 is 10.0 Å². The molecule has 1 aromatic heterocycles. The molecular formula is C16H12Cl2N4O2S. The van der Waals surface area contributed by atoms with E-state index in [9.17, 15) is 8.42 Å². The number of nitrogens with zero attached hydrogens (tertiary/aromatic N) is 2. The Hall–Kier alpha value is -2.35. The highest BCUT2D eigenvalue weighted by atomic mass is 35.5. The van der Waals surface area contributed by atoms with Gasteiger partial charge < -0.3 is 5.32 Å². The van der Waals surface area contributed by atoms with E-state index in [1.54, 1.807) is 42.5 Å². The summed E-state index contributed by atoms with van der Waals surface area (Å²) in [5.74, 6) is 0.499. The standard InChI is InChI=1S/C16H12Cl2N4O2S/c17-11-6-7-13(18)14(10-11)19-15-8-9-16(21-20-15)22-25(23,24)12-4-2-1-3-5-12/h1-10H,(H,19,20)(H,21,22). The van der Waals surface area contributed by atoms with E-state index in [0.29, 0.717) is 21.6 Å². The first-order chi connectivity index (χ1) is 11.9. The number of sulfonamides is 1. The van der Waals surface area contributed by atoms with Gasteiger partial charge in [-0.2, -0.15) is 0 Å². The fourth-order valence-electron chi connectivity index (χ4n) is 1.98. The Balaban J connectivity index is 1.75. The third-order valence-corrected chi connectivity index (χ3v) is 5.08. The van der Waals surface area contributed by atoms with E-state index >= 15 is 0 Å². The predicted molar refractivity (Wildman–Crippen MR) is 99.0 cm³/mol. The maximum atomic E-state index is 12.2. The molecule has 6 nitrogen and oxygen atoms in total. The first-order valence-corrected chi connectivity index (χ1v) is 9.32. The minimum absolute atomic E-state index is 0.103. The second kappa shape index (κ2) is 7.26. The zero-order valence-corrected chi connectivity index (χ0v) is 15.0. The Labute approximate surface area is 154 Å². The van der Waals surface area contributed by atoms with Crippen LogP contribution in [0.15, 0.2) is 65.6 Å². The lowest BCUT2D eigenvalue weighted by molar-refractivity contribution is 0.601. The number of halogens is 2. The molecule has 0 amide bonds. The smallest absolute Gasteiger partial charge is 0.263 e. The average molecular weight is 395 g/mol. The lowest BCUT2D eigenvalue weighted by atomic mass is 10.3. The maximum Gasteiger partial charge on any atom is 0.263 e. The molecular weight excluding hydrogens is 383 g/mol. The number of rotatable bonds is 5. The molecule has 9 heteroatoms. The van der Waals surface area contributed by atoms with Crippen molar-refractivity contribution in [1.82, 2.24) is 10.2 Å². The number of hydrogen-bond acceptors (Lipinski definition) is 5. The van der Waals surface area contributed by atoms with Crippen molar-refractivity contribution < 1.29 is 8.42 Å². The normalized spacial score (nSPS) is 11.1. The highest BCUT2D eigenvalue weighted by molar-refractivity contribution is 7.92. The van der Waals surface area contributed by atoms with Crippen molar-refractivity contribution in [1.29, 1.82) is 0 Å². The minimum atomic E-state index is -3.71. The van der Waals surface area contributed by atoms with Gasteiger partial charge in [-0.3, -0.25) is 4.72 Å². The summed E-state index contributed by atoms with van der Waals surface area (Å²) in [7, 11) is -3.71. The molecule has 3 rings (SSSR count). The number of hydrogen-bond donors (Lipinski definition) is 2. The number of aromatic nitrogens is 2. The van der Waals surface area contributed by atoms with Crippen molar-refractivity contribution in [2.24, 2.45) is 0 Å². The maximum absolute atomic E-state index is 12.2. The highest BCUT2D eigenvalue weighted by Crippen LogP contribution is 2.27. The second-order valence-electron chi connectivity index (χ2n) is 4.97. The van der Waals surface area contributed by atoms with E-state index < -0.39 is 10.0 Å². The Morgan fingerprint density at radius 3 is 2.20 bits per heavy atom. The van der Waals surface area contributed by atoms with Crippen molar-refractivity contribution in [3.63, 3.8) is 0 Å². The molecule has 0 saturated heterocycles. The van der Waals surface area contributed by atoms with E-state index in [1.807, 2.05) is 0 Å². The van der Waals surface area contributed by atoms with Gasteiger partial charge in [0, 0.05) is 5.02 Å². The van der Waals surface area contributed by atoms with Gasteiger partial charge in [0.2, 0.25) is 0 Å². The van der Waals surface area contributed by atoms with Crippen LogP contribution >= 0.6 is 23.2 Å². The topological polar surface area (TPSA) is 84.0 Å². The van der Waals surface area contributed by atoms with Gasteiger partial charge in [0.15, 0.2) is 11.6 Å². The molecule has 0 spiro atoms. The van der Waals surface area contributed by atoms with E-state index in [4.69, 9.17) is 23.2 Å². The van der Waals surface area contributed by atoms with Crippen molar-refractivity contribution in [3.8, 4) is 0 Å². The average Bonchev–Trinajstić information content (AvgIpc) is 2.60. The molecule has 2 N–H and O–H groups in total. The van der Waals surface area contributed by atoms with Crippen molar-refractivity contribution in [2.75, 3.05) is 10.0 Å². The van der Waals surface area contributed by atoms with Gasteiger partial charge in [0.1, 0.15) is 0 Å². The summed E-state index contributed by atoms with van der Waals surface area (Å²) in [4.78, 5) is 0.143. The van der Waals surface area contributed by atoms with Crippen LogP contribution in [0.3, 0.4) is 0 Å². The number of benzene rings is 2. The summed E-state index contributed by atoms with van der Waals surface area (Å²) in [5.41, 5.74) is 0.570.